The molecule has 0 aromatic carbocycles. The van der Waals surface area contributed by atoms with Crippen molar-refractivity contribution >= 4 is 0 Å². The molecule has 1 nitrogen and oxygen atoms in total. The lowest BCUT2D eigenvalue weighted by atomic mass is 9.85. The highest BCUT2D eigenvalue weighted by atomic mass is 15.1. The Kier molecular flexibility index (Phi) is 2.88. The molecule has 1 saturated carbocycles. The van der Waals surface area contributed by atoms with Crippen LogP contribution in [0.15, 0.2) is 0 Å². The van der Waals surface area contributed by atoms with Crippen molar-refractivity contribution in [1.82, 2.24) is 4.90 Å². The first kappa shape index (κ1) is 10.5. The fourth-order valence-corrected chi connectivity index (χ4v) is 3.62. The predicted octanol–water partition coefficient (Wildman–Crippen LogP) is 3.01. The quantitative estimate of drug-likeness (QED) is 0.621. The first-order valence-electron chi connectivity index (χ1n) is 6.29. The summed E-state index contributed by atoms with van der Waals surface area (Å²) in [6, 6.07) is 0.831. The van der Waals surface area contributed by atoms with Gasteiger partial charge in [0.2, 0.25) is 0 Å². The molecular weight excluding hydrogens is 170 g/mol. The minimum atomic E-state index is 0.831. The monoisotopic (exact) mass is 195 g/mol. The van der Waals surface area contributed by atoms with Crippen molar-refractivity contribution in [2.75, 3.05) is 13.6 Å². The Balaban J connectivity index is 1.97. The van der Waals surface area contributed by atoms with Gasteiger partial charge in [0.15, 0.2) is 0 Å². The number of rotatable bonds is 1. The van der Waals surface area contributed by atoms with Crippen LogP contribution in [0.3, 0.4) is 0 Å². The van der Waals surface area contributed by atoms with Crippen LogP contribution in [-0.4, -0.2) is 24.5 Å². The summed E-state index contributed by atoms with van der Waals surface area (Å²) in [7, 11) is 2.28. The molecule has 2 fully saturated rings. The summed E-state index contributed by atoms with van der Waals surface area (Å²) in [5, 5.41) is 0. The van der Waals surface area contributed by atoms with Gasteiger partial charge in [0.05, 0.1) is 0 Å². The van der Waals surface area contributed by atoms with Gasteiger partial charge in [-0.1, -0.05) is 13.8 Å². The van der Waals surface area contributed by atoms with E-state index in [0.717, 1.165) is 29.7 Å². The van der Waals surface area contributed by atoms with Crippen LogP contribution < -0.4 is 0 Å². The number of hydrogen-bond donors (Lipinski definition) is 0. The highest BCUT2D eigenvalue weighted by molar-refractivity contribution is 4.91. The maximum Gasteiger partial charge on any atom is 0.00952 e. The molecule has 5 atom stereocenters. The molecule has 2 aliphatic rings. The topological polar surface area (TPSA) is 3.24 Å². The van der Waals surface area contributed by atoms with E-state index in [1.165, 1.54) is 25.8 Å². The van der Waals surface area contributed by atoms with Gasteiger partial charge < -0.3 is 4.90 Å². The van der Waals surface area contributed by atoms with Crippen molar-refractivity contribution in [2.45, 2.75) is 46.1 Å². The minimum Gasteiger partial charge on any atom is -0.303 e. The van der Waals surface area contributed by atoms with E-state index in [2.05, 4.69) is 32.7 Å². The Morgan fingerprint density at radius 3 is 2.00 bits per heavy atom. The normalized spacial score (nSPS) is 50.1. The van der Waals surface area contributed by atoms with E-state index in [4.69, 9.17) is 0 Å². The summed E-state index contributed by atoms with van der Waals surface area (Å²) in [6.45, 7) is 8.62. The fourth-order valence-electron chi connectivity index (χ4n) is 3.62. The third-order valence-electron chi connectivity index (χ3n) is 5.06. The van der Waals surface area contributed by atoms with E-state index in [9.17, 15) is 0 Å². The maximum absolute atomic E-state index is 2.54. The van der Waals surface area contributed by atoms with Gasteiger partial charge in [-0.05, 0) is 63.5 Å². The molecule has 0 amide bonds. The minimum absolute atomic E-state index is 0.831. The molecule has 0 N–H and O–H groups in total. The summed E-state index contributed by atoms with van der Waals surface area (Å²) in [4.78, 5) is 2.54. The van der Waals surface area contributed by atoms with Crippen LogP contribution in [0.2, 0.25) is 0 Å². The Morgan fingerprint density at radius 2 is 1.57 bits per heavy atom. The number of likely N-dealkylation sites (tertiary alicyclic amines) is 1. The Labute approximate surface area is 88.9 Å². The Bertz CT molecular complexity index is 191. The fraction of sp³-hybridized carbons (Fsp3) is 1.00. The van der Waals surface area contributed by atoms with Crippen LogP contribution in [0.1, 0.15) is 40.0 Å². The van der Waals surface area contributed by atoms with E-state index in [0.29, 0.717) is 0 Å². The molecule has 0 aromatic heterocycles. The van der Waals surface area contributed by atoms with Crippen LogP contribution in [0.5, 0.6) is 0 Å². The van der Waals surface area contributed by atoms with Gasteiger partial charge in [0.25, 0.3) is 0 Å². The second kappa shape index (κ2) is 3.84. The van der Waals surface area contributed by atoms with Crippen LogP contribution in [0.25, 0.3) is 0 Å². The summed E-state index contributed by atoms with van der Waals surface area (Å²) >= 11 is 0. The molecule has 1 aliphatic heterocycles. The smallest absolute Gasteiger partial charge is 0.00952 e. The molecule has 1 aliphatic carbocycles. The zero-order valence-corrected chi connectivity index (χ0v) is 10.2. The molecule has 2 rings (SSSR count). The standard InChI is InChI=1S/C13H25N/c1-9-7-12(8-10(9)2)13-5-6-14(4)11(13)3/h9-13H,5-8H2,1-4H3/t9-,10?,11?,12-,13?/m1/s1. The molecule has 1 saturated heterocycles. The molecular formula is C13H25N. The van der Waals surface area contributed by atoms with E-state index in [1.54, 1.807) is 0 Å². The molecule has 0 spiro atoms. The SMILES string of the molecule is CC1C[C@H](C2CCN(C)C2C)C[C@H]1C. The second-order valence-corrected chi connectivity index (χ2v) is 5.86. The molecule has 14 heavy (non-hydrogen) atoms. The van der Waals surface area contributed by atoms with Gasteiger partial charge >= 0.3 is 0 Å². The first-order chi connectivity index (χ1) is 6.59. The van der Waals surface area contributed by atoms with Gasteiger partial charge in [-0.15, -0.1) is 0 Å². The van der Waals surface area contributed by atoms with Crippen molar-refractivity contribution in [3.63, 3.8) is 0 Å². The van der Waals surface area contributed by atoms with Crippen LogP contribution in [-0.2, 0) is 0 Å². The summed E-state index contributed by atoms with van der Waals surface area (Å²) in [5.74, 6) is 3.96. The Morgan fingerprint density at radius 1 is 1.00 bits per heavy atom. The Hall–Kier alpha value is -0.0400. The molecule has 82 valence electrons. The number of hydrogen-bond acceptors (Lipinski definition) is 1. The summed E-state index contributed by atoms with van der Waals surface area (Å²) in [6.07, 6.45) is 4.43. The first-order valence-corrected chi connectivity index (χ1v) is 6.29. The summed E-state index contributed by atoms with van der Waals surface area (Å²) < 4.78 is 0. The largest absolute Gasteiger partial charge is 0.303 e. The van der Waals surface area contributed by atoms with Gasteiger partial charge in [-0.3, -0.25) is 0 Å². The highest BCUT2D eigenvalue weighted by Crippen LogP contribution is 2.44. The van der Waals surface area contributed by atoms with Crippen molar-refractivity contribution in [3.8, 4) is 0 Å². The van der Waals surface area contributed by atoms with Crippen molar-refractivity contribution in [2.24, 2.45) is 23.7 Å². The molecule has 0 radical (unpaired) electrons. The lowest BCUT2D eigenvalue weighted by Gasteiger charge is -2.25. The summed E-state index contributed by atoms with van der Waals surface area (Å²) in [5.41, 5.74) is 0. The highest BCUT2D eigenvalue weighted by Gasteiger charge is 2.39. The van der Waals surface area contributed by atoms with Crippen molar-refractivity contribution < 1.29 is 0 Å². The maximum atomic E-state index is 2.54. The molecule has 0 bridgehead atoms. The van der Waals surface area contributed by atoms with E-state index in [1.807, 2.05) is 0 Å². The molecule has 1 heteroatoms. The molecule has 1 heterocycles. The molecule has 0 aromatic rings. The van der Waals surface area contributed by atoms with Gasteiger partial charge in [-0.2, -0.15) is 0 Å². The van der Waals surface area contributed by atoms with Gasteiger partial charge in [-0.25, -0.2) is 0 Å². The van der Waals surface area contributed by atoms with E-state index < -0.39 is 0 Å². The zero-order valence-electron chi connectivity index (χ0n) is 10.2. The lowest BCUT2D eigenvalue weighted by molar-refractivity contribution is 0.234. The van der Waals surface area contributed by atoms with Gasteiger partial charge in [0, 0.05) is 6.04 Å². The zero-order chi connectivity index (χ0) is 10.3. The van der Waals surface area contributed by atoms with E-state index >= 15 is 0 Å². The number of nitrogens with zero attached hydrogens (tertiary/aromatic N) is 1. The second-order valence-electron chi connectivity index (χ2n) is 5.86. The average Bonchev–Trinajstić information content (AvgIpc) is 2.61. The van der Waals surface area contributed by atoms with Crippen LogP contribution in [0, 0.1) is 23.7 Å². The third-order valence-corrected chi connectivity index (χ3v) is 5.06. The van der Waals surface area contributed by atoms with Gasteiger partial charge in [0.1, 0.15) is 0 Å². The van der Waals surface area contributed by atoms with Crippen LogP contribution in [0.4, 0.5) is 0 Å². The average molecular weight is 195 g/mol. The van der Waals surface area contributed by atoms with Crippen molar-refractivity contribution in [1.29, 1.82) is 0 Å². The van der Waals surface area contributed by atoms with Crippen molar-refractivity contribution in [3.05, 3.63) is 0 Å². The predicted molar refractivity (Wildman–Crippen MR) is 61.3 cm³/mol. The molecule has 3 unspecified atom stereocenters. The third kappa shape index (κ3) is 1.71. The van der Waals surface area contributed by atoms with Crippen LogP contribution >= 0.6 is 0 Å². The van der Waals surface area contributed by atoms with E-state index in [-0.39, 0.29) is 0 Å². The lowest BCUT2D eigenvalue weighted by Crippen LogP contribution is -2.29.